The number of hydrogen-bond donors (Lipinski definition) is 0. The number of fused-ring (bicyclic) bond motifs is 1. The Balaban J connectivity index is 2.00. The van der Waals surface area contributed by atoms with Gasteiger partial charge in [0.05, 0.1) is 26.4 Å². The van der Waals surface area contributed by atoms with Crippen molar-refractivity contribution in [2.75, 3.05) is 54.9 Å². The maximum atomic E-state index is 5.73. The van der Waals surface area contributed by atoms with Gasteiger partial charge < -0.3 is 18.9 Å². The van der Waals surface area contributed by atoms with Crippen molar-refractivity contribution in [2.24, 2.45) is 11.8 Å². The van der Waals surface area contributed by atoms with Crippen LogP contribution < -0.4 is 0 Å². The van der Waals surface area contributed by atoms with Crippen LogP contribution in [0.1, 0.15) is 11.1 Å². The highest BCUT2D eigenvalue weighted by atomic mass is 16.5. The molecule has 1 saturated carbocycles. The van der Waals surface area contributed by atoms with E-state index in [1.165, 1.54) is 33.4 Å². The lowest BCUT2D eigenvalue weighted by atomic mass is 9.82. The minimum Gasteiger partial charge on any atom is -0.380 e. The summed E-state index contributed by atoms with van der Waals surface area (Å²) in [5.74, 6) is 0.598. The van der Waals surface area contributed by atoms with Crippen LogP contribution in [-0.2, 0) is 24.4 Å². The highest BCUT2D eigenvalue weighted by molar-refractivity contribution is 5.64. The van der Waals surface area contributed by atoms with Gasteiger partial charge in [0.2, 0.25) is 0 Å². The van der Waals surface area contributed by atoms with E-state index in [0.29, 0.717) is 38.3 Å². The quantitative estimate of drug-likeness (QED) is 0.571. The zero-order valence-electron chi connectivity index (χ0n) is 18.9. The molecule has 0 radical (unpaired) electrons. The Morgan fingerprint density at radius 1 is 0.548 bits per heavy atom. The Hall–Kier alpha value is -2.24. The predicted molar refractivity (Wildman–Crippen MR) is 122 cm³/mol. The van der Waals surface area contributed by atoms with E-state index in [2.05, 4.69) is 60.7 Å². The fraction of sp³-hybridized carbons (Fsp3) is 0.407. The molecule has 4 heteroatoms. The van der Waals surface area contributed by atoms with Crippen LogP contribution in [0, 0.1) is 11.8 Å². The Kier molecular flexibility index (Phi) is 6.73. The molecule has 4 nitrogen and oxygen atoms in total. The smallest absolute Gasteiger partial charge is 0.0717 e. The zero-order valence-corrected chi connectivity index (χ0v) is 18.9. The van der Waals surface area contributed by atoms with Crippen molar-refractivity contribution in [3.05, 3.63) is 94.1 Å². The van der Waals surface area contributed by atoms with Crippen LogP contribution in [0.25, 0.3) is 0 Å². The Labute approximate surface area is 185 Å². The first-order chi connectivity index (χ1) is 15.2. The molecule has 0 aromatic heterocycles. The standard InChI is InChI=1S/C27H32O4/c1-28-15-21-22(16-29-2)24(18-31-4)26-25(23(21)17-30-3)27(26,19-11-7-5-8-12-19)20-13-9-6-10-14-20/h5-14,25-26H,15-18H2,1-4H3. The predicted octanol–water partition coefficient (Wildman–Crippen LogP) is 4.41. The average molecular weight is 421 g/mol. The molecule has 0 saturated heterocycles. The summed E-state index contributed by atoms with van der Waals surface area (Å²) in [7, 11) is 7.04. The lowest BCUT2D eigenvalue weighted by Gasteiger charge is -2.25. The topological polar surface area (TPSA) is 36.9 Å². The van der Waals surface area contributed by atoms with Gasteiger partial charge in [-0.05, 0) is 33.4 Å². The Morgan fingerprint density at radius 2 is 0.903 bits per heavy atom. The van der Waals surface area contributed by atoms with Gasteiger partial charge in [-0.25, -0.2) is 0 Å². The van der Waals surface area contributed by atoms with Crippen molar-refractivity contribution in [2.45, 2.75) is 5.41 Å². The van der Waals surface area contributed by atoms with Gasteiger partial charge in [-0.15, -0.1) is 0 Å². The molecule has 0 spiro atoms. The van der Waals surface area contributed by atoms with E-state index < -0.39 is 0 Å². The van der Waals surface area contributed by atoms with E-state index in [4.69, 9.17) is 18.9 Å². The molecule has 4 rings (SSSR count). The van der Waals surface area contributed by atoms with Gasteiger partial charge in [0.15, 0.2) is 0 Å². The van der Waals surface area contributed by atoms with E-state index in [-0.39, 0.29) is 5.41 Å². The maximum Gasteiger partial charge on any atom is 0.0717 e. The summed E-state index contributed by atoms with van der Waals surface area (Å²) >= 11 is 0. The van der Waals surface area contributed by atoms with Gasteiger partial charge in [0.25, 0.3) is 0 Å². The average Bonchev–Trinajstić information content (AvgIpc) is 3.50. The first-order valence-electron chi connectivity index (χ1n) is 10.8. The van der Waals surface area contributed by atoms with Crippen molar-refractivity contribution in [1.82, 2.24) is 0 Å². The molecule has 0 amide bonds. The number of rotatable bonds is 10. The minimum atomic E-state index is -0.154. The molecule has 0 bridgehead atoms. The Bertz CT molecular complexity index is 866. The monoisotopic (exact) mass is 420 g/mol. The summed E-state index contributed by atoms with van der Waals surface area (Å²) in [6, 6.07) is 21.7. The van der Waals surface area contributed by atoms with Gasteiger partial charge in [-0.1, -0.05) is 60.7 Å². The SMILES string of the molecule is COCC1=C(COC)C2C(C(COC)=C1COC)C2(c1ccccc1)c1ccccc1. The van der Waals surface area contributed by atoms with E-state index in [1.54, 1.807) is 28.4 Å². The summed E-state index contributed by atoms with van der Waals surface area (Å²) in [6.07, 6.45) is 0. The highest BCUT2D eigenvalue weighted by Crippen LogP contribution is 2.72. The second kappa shape index (κ2) is 9.49. The van der Waals surface area contributed by atoms with Crippen LogP contribution in [0.2, 0.25) is 0 Å². The summed E-state index contributed by atoms with van der Waals surface area (Å²) in [4.78, 5) is 0. The first-order valence-corrected chi connectivity index (χ1v) is 10.8. The van der Waals surface area contributed by atoms with E-state index in [1.807, 2.05) is 0 Å². The summed E-state index contributed by atoms with van der Waals surface area (Å²) in [6.45, 7) is 2.23. The third-order valence-electron chi connectivity index (χ3n) is 6.78. The van der Waals surface area contributed by atoms with E-state index in [9.17, 15) is 0 Å². The lowest BCUT2D eigenvalue weighted by molar-refractivity contribution is 0.190. The van der Waals surface area contributed by atoms with Gasteiger partial charge in [0, 0.05) is 45.7 Å². The number of methoxy groups -OCH3 is 4. The third-order valence-corrected chi connectivity index (χ3v) is 6.78. The molecule has 2 unspecified atom stereocenters. The Morgan fingerprint density at radius 3 is 1.23 bits per heavy atom. The molecule has 0 aliphatic heterocycles. The largest absolute Gasteiger partial charge is 0.380 e. The van der Waals surface area contributed by atoms with Gasteiger partial charge >= 0.3 is 0 Å². The fourth-order valence-electron chi connectivity index (χ4n) is 5.73. The van der Waals surface area contributed by atoms with Crippen LogP contribution in [0.3, 0.4) is 0 Å². The molecular weight excluding hydrogens is 388 g/mol. The summed E-state index contributed by atoms with van der Waals surface area (Å²) in [5, 5.41) is 0. The number of ether oxygens (including phenoxy) is 4. The summed E-state index contributed by atoms with van der Waals surface area (Å²) < 4.78 is 22.8. The molecule has 2 aromatic carbocycles. The van der Waals surface area contributed by atoms with E-state index in [0.717, 1.165) is 0 Å². The van der Waals surface area contributed by atoms with Crippen LogP contribution in [0.5, 0.6) is 0 Å². The minimum absolute atomic E-state index is 0.154. The zero-order chi connectivity index (χ0) is 21.8. The fourth-order valence-corrected chi connectivity index (χ4v) is 5.73. The van der Waals surface area contributed by atoms with Crippen LogP contribution >= 0.6 is 0 Å². The lowest BCUT2D eigenvalue weighted by Crippen LogP contribution is -2.20. The van der Waals surface area contributed by atoms with E-state index >= 15 is 0 Å². The molecular formula is C27H32O4. The van der Waals surface area contributed by atoms with Crippen LogP contribution in [0.4, 0.5) is 0 Å². The van der Waals surface area contributed by atoms with Crippen LogP contribution in [-0.4, -0.2) is 54.9 Å². The molecule has 2 aliphatic carbocycles. The summed E-state index contributed by atoms with van der Waals surface area (Å²) in [5.41, 5.74) is 7.53. The highest BCUT2D eigenvalue weighted by Gasteiger charge is 2.70. The normalized spacial score (nSPS) is 21.9. The molecule has 2 aromatic rings. The molecule has 2 aliphatic rings. The third kappa shape index (κ3) is 3.58. The van der Waals surface area contributed by atoms with Crippen molar-refractivity contribution in [3.63, 3.8) is 0 Å². The first kappa shape index (κ1) is 22.0. The van der Waals surface area contributed by atoms with Crippen molar-refractivity contribution in [1.29, 1.82) is 0 Å². The van der Waals surface area contributed by atoms with Gasteiger partial charge in [-0.3, -0.25) is 0 Å². The molecule has 31 heavy (non-hydrogen) atoms. The maximum absolute atomic E-state index is 5.73. The number of hydrogen-bond acceptors (Lipinski definition) is 4. The van der Waals surface area contributed by atoms with Gasteiger partial charge in [0.1, 0.15) is 0 Å². The number of benzene rings is 2. The molecule has 0 N–H and O–H groups in total. The molecule has 164 valence electrons. The molecule has 2 atom stereocenters. The molecule has 0 heterocycles. The van der Waals surface area contributed by atoms with Crippen molar-refractivity contribution >= 4 is 0 Å². The second-order valence-electron chi connectivity index (χ2n) is 8.30. The van der Waals surface area contributed by atoms with Crippen molar-refractivity contribution in [3.8, 4) is 0 Å². The van der Waals surface area contributed by atoms with Crippen molar-refractivity contribution < 1.29 is 18.9 Å². The second-order valence-corrected chi connectivity index (χ2v) is 8.30. The van der Waals surface area contributed by atoms with Crippen LogP contribution in [0.15, 0.2) is 83.0 Å². The van der Waals surface area contributed by atoms with Gasteiger partial charge in [-0.2, -0.15) is 0 Å². The molecule has 1 fully saturated rings.